The summed E-state index contributed by atoms with van der Waals surface area (Å²) in [4.78, 5) is 13.6. The molecule has 0 aliphatic carbocycles. The maximum atomic E-state index is 12.7. The zero-order chi connectivity index (χ0) is 19.3. The lowest BCUT2D eigenvalue weighted by atomic mass is 10.1. The van der Waals surface area contributed by atoms with Crippen LogP contribution in [0.25, 0.3) is 0 Å². The van der Waals surface area contributed by atoms with Gasteiger partial charge in [0.25, 0.3) is 0 Å². The average Bonchev–Trinajstić information content (AvgIpc) is 3.17. The van der Waals surface area contributed by atoms with E-state index in [0.717, 1.165) is 31.5 Å². The van der Waals surface area contributed by atoms with E-state index in [1.54, 1.807) is 12.1 Å². The maximum Gasteiger partial charge on any atom is 0.240 e. The highest BCUT2D eigenvalue weighted by molar-refractivity contribution is 7.89. The lowest BCUT2D eigenvalue weighted by Gasteiger charge is -2.28. The molecule has 3 rings (SSSR count). The second-order valence-corrected chi connectivity index (χ2v) is 8.49. The molecule has 1 saturated heterocycles. The Balaban J connectivity index is 1.72. The summed E-state index contributed by atoms with van der Waals surface area (Å²) in [5.74, 6) is -0.194. The summed E-state index contributed by atoms with van der Waals surface area (Å²) in [5, 5.41) is 2.63. The van der Waals surface area contributed by atoms with Gasteiger partial charge in [0.2, 0.25) is 15.9 Å². The van der Waals surface area contributed by atoms with E-state index >= 15 is 0 Å². The minimum Gasteiger partial charge on any atom is -0.326 e. The number of benzene rings is 2. The SMILES string of the molecule is CC(=O)Nc1ccc(S(=O)(=O)NCC(c2ccccc2)N2CCCC2)cc1. The molecule has 1 aliphatic rings. The second-order valence-electron chi connectivity index (χ2n) is 6.73. The molecule has 6 nitrogen and oxygen atoms in total. The number of anilines is 1. The van der Waals surface area contributed by atoms with Gasteiger partial charge in [-0.25, -0.2) is 13.1 Å². The van der Waals surface area contributed by atoms with Gasteiger partial charge < -0.3 is 5.32 Å². The number of hydrogen-bond acceptors (Lipinski definition) is 4. The number of hydrogen-bond donors (Lipinski definition) is 2. The van der Waals surface area contributed by atoms with Gasteiger partial charge in [-0.05, 0) is 55.8 Å². The predicted octanol–water partition coefficient (Wildman–Crippen LogP) is 2.76. The Bertz CT molecular complexity index is 861. The zero-order valence-electron chi connectivity index (χ0n) is 15.4. The zero-order valence-corrected chi connectivity index (χ0v) is 16.2. The molecule has 1 heterocycles. The second kappa shape index (κ2) is 8.65. The van der Waals surface area contributed by atoms with E-state index in [1.165, 1.54) is 19.1 Å². The molecule has 0 radical (unpaired) electrons. The van der Waals surface area contributed by atoms with Gasteiger partial charge in [0.05, 0.1) is 4.90 Å². The molecular formula is C20H25N3O3S. The molecule has 0 aromatic heterocycles. The highest BCUT2D eigenvalue weighted by atomic mass is 32.2. The van der Waals surface area contributed by atoms with Crippen LogP contribution in [0.15, 0.2) is 59.5 Å². The highest BCUT2D eigenvalue weighted by Crippen LogP contribution is 2.25. The summed E-state index contributed by atoms with van der Waals surface area (Å²) in [6.45, 7) is 3.69. The fourth-order valence-corrected chi connectivity index (χ4v) is 4.42. The quantitative estimate of drug-likeness (QED) is 0.766. The molecule has 27 heavy (non-hydrogen) atoms. The smallest absolute Gasteiger partial charge is 0.240 e. The van der Waals surface area contributed by atoms with E-state index in [-0.39, 0.29) is 16.8 Å². The Morgan fingerprint density at radius 3 is 2.26 bits per heavy atom. The molecule has 144 valence electrons. The van der Waals surface area contributed by atoms with Gasteiger partial charge >= 0.3 is 0 Å². The molecule has 2 aromatic rings. The largest absolute Gasteiger partial charge is 0.326 e. The van der Waals surface area contributed by atoms with Gasteiger partial charge in [0, 0.05) is 25.2 Å². The average molecular weight is 388 g/mol. The van der Waals surface area contributed by atoms with Crippen molar-refractivity contribution in [2.75, 3.05) is 25.0 Å². The van der Waals surface area contributed by atoms with Crippen molar-refractivity contribution in [2.24, 2.45) is 0 Å². The van der Waals surface area contributed by atoms with Crippen LogP contribution in [0.3, 0.4) is 0 Å². The molecular weight excluding hydrogens is 362 g/mol. The number of nitrogens with zero attached hydrogens (tertiary/aromatic N) is 1. The van der Waals surface area contributed by atoms with Crippen LogP contribution < -0.4 is 10.0 Å². The summed E-state index contributed by atoms with van der Waals surface area (Å²) in [6, 6.07) is 16.2. The molecule has 1 atom stereocenters. The third-order valence-corrected chi connectivity index (χ3v) is 6.16. The Hall–Kier alpha value is -2.22. The van der Waals surface area contributed by atoms with Crippen molar-refractivity contribution < 1.29 is 13.2 Å². The standard InChI is InChI=1S/C20H25N3O3S/c1-16(24)22-18-9-11-19(12-10-18)27(25,26)21-15-20(23-13-5-6-14-23)17-7-3-2-4-8-17/h2-4,7-12,20-21H,5-6,13-15H2,1H3,(H,22,24). The maximum absolute atomic E-state index is 12.7. The van der Waals surface area contributed by atoms with Crippen LogP contribution in [0.1, 0.15) is 31.4 Å². The fraction of sp³-hybridized carbons (Fsp3) is 0.350. The fourth-order valence-electron chi connectivity index (χ4n) is 3.38. The molecule has 1 amide bonds. The topological polar surface area (TPSA) is 78.5 Å². The van der Waals surface area contributed by atoms with Gasteiger partial charge in [-0.1, -0.05) is 30.3 Å². The Morgan fingerprint density at radius 1 is 1.04 bits per heavy atom. The third kappa shape index (κ3) is 5.15. The molecule has 7 heteroatoms. The molecule has 2 N–H and O–H groups in total. The van der Waals surface area contributed by atoms with Crippen LogP contribution in [0.4, 0.5) is 5.69 Å². The van der Waals surface area contributed by atoms with Crippen molar-refractivity contribution in [1.82, 2.24) is 9.62 Å². The summed E-state index contributed by atoms with van der Waals surface area (Å²) >= 11 is 0. The highest BCUT2D eigenvalue weighted by Gasteiger charge is 2.25. The normalized spacial score (nSPS) is 16.2. The van der Waals surface area contributed by atoms with Gasteiger partial charge in [-0.3, -0.25) is 9.69 Å². The first kappa shape index (κ1) is 19.5. The van der Waals surface area contributed by atoms with E-state index in [9.17, 15) is 13.2 Å². The summed E-state index contributed by atoms with van der Waals surface area (Å²) in [5.41, 5.74) is 1.68. The lowest BCUT2D eigenvalue weighted by molar-refractivity contribution is -0.114. The number of amides is 1. The summed E-state index contributed by atoms with van der Waals surface area (Å²) in [7, 11) is -3.63. The molecule has 0 saturated carbocycles. The van der Waals surface area contributed by atoms with E-state index in [2.05, 4.69) is 14.9 Å². The van der Waals surface area contributed by atoms with Crippen LogP contribution in [0.2, 0.25) is 0 Å². The Labute approximate surface area is 160 Å². The number of nitrogens with one attached hydrogen (secondary N) is 2. The lowest BCUT2D eigenvalue weighted by Crippen LogP contribution is -2.36. The number of rotatable bonds is 7. The minimum atomic E-state index is -3.63. The van der Waals surface area contributed by atoms with Crippen LogP contribution in [0.5, 0.6) is 0 Å². The van der Waals surface area contributed by atoms with Crippen molar-refractivity contribution in [3.63, 3.8) is 0 Å². The van der Waals surface area contributed by atoms with Gasteiger partial charge in [-0.15, -0.1) is 0 Å². The Morgan fingerprint density at radius 2 is 1.67 bits per heavy atom. The molecule has 0 bridgehead atoms. The molecule has 0 spiro atoms. The van der Waals surface area contributed by atoms with Crippen LogP contribution in [-0.2, 0) is 14.8 Å². The van der Waals surface area contributed by atoms with E-state index in [1.807, 2.05) is 30.3 Å². The van der Waals surface area contributed by atoms with E-state index in [0.29, 0.717) is 12.2 Å². The summed E-state index contributed by atoms with van der Waals surface area (Å²) in [6.07, 6.45) is 2.28. The minimum absolute atomic E-state index is 0.0159. The Kier molecular flexibility index (Phi) is 6.26. The first-order valence-corrected chi connectivity index (χ1v) is 10.6. The molecule has 1 aliphatic heterocycles. The summed E-state index contributed by atoms with van der Waals surface area (Å²) < 4.78 is 28.2. The number of carbonyl (C=O) groups excluding carboxylic acids is 1. The predicted molar refractivity (Wildman–Crippen MR) is 106 cm³/mol. The molecule has 2 aromatic carbocycles. The third-order valence-electron chi connectivity index (χ3n) is 4.72. The first-order chi connectivity index (χ1) is 13.0. The molecule has 1 fully saturated rings. The van der Waals surface area contributed by atoms with Gasteiger partial charge in [0.15, 0.2) is 0 Å². The van der Waals surface area contributed by atoms with Crippen molar-refractivity contribution >= 4 is 21.6 Å². The monoisotopic (exact) mass is 387 g/mol. The van der Waals surface area contributed by atoms with Crippen molar-refractivity contribution in [1.29, 1.82) is 0 Å². The molecule has 1 unspecified atom stereocenters. The van der Waals surface area contributed by atoms with Crippen LogP contribution in [-0.4, -0.2) is 38.9 Å². The van der Waals surface area contributed by atoms with E-state index < -0.39 is 10.0 Å². The van der Waals surface area contributed by atoms with Gasteiger partial charge in [-0.2, -0.15) is 0 Å². The van der Waals surface area contributed by atoms with Crippen molar-refractivity contribution in [2.45, 2.75) is 30.7 Å². The van der Waals surface area contributed by atoms with Crippen LogP contribution >= 0.6 is 0 Å². The van der Waals surface area contributed by atoms with Crippen molar-refractivity contribution in [3.05, 3.63) is 60.2 Å². The number of sulfonamides is 1. The van der Waals surface area contributed by atoms with Crippen molar-refractivity contribution in [3.8, 4) is 0 Å². The van der Waals surface area contributed by atoms with Crippen LogP contribution in [0, 0.1) is 0 Å². The number of carbonyl (C=O) groups is 1. The van der Waals surface area contributed by atoms with E-state index in [4.69, 9.17) is 0 Å². The first-order valence-electron chi connectivity index (χ1n) is 9.12. The van der Waals surface area contributed by atoms with Gasteiger partial charge in [0.1, 0.15) is 0 Å². The number of likely N-dealkylation sites (tertiary alicyclic amines) is 1.